The van der Waals surface area contributed by atoms with Gasteiger partial charge in [0.05, 0.1) is 12.7 Å². The molecule has 0 aromatic heterocycles. The highest BCUT2D eigenvalue weighted by Gasteiger charge is 2.17. The first-order valence-corrected chi connectivity index (χ1v) is 7.05. The zero-order valence-corrected chi connectivity index (χ0v) is 13.3. The lowest BCUT2D eigenvalue weighted by molar-refractivity contribution is 0.103. The largest absolute Gasteiger partial charge is 0.496 e. The molecule has 0 fully saturated rings. The summed E-state index contributed by atoms with van der Waals surface area (Å²) in [5.41, 5.74) is 7.33. The number of hydrogen-bond donors (Lipinski definition) is 1. The van der Waals surface area contributed by atoms with Gasteiger partial charge in [-0.2, -0.15) is 0 Å². The summed E-state index contributed by atoms with van der Waals surface area (Å²) in [7, 11) is 1.54. The molecule has 0 saturated carbocycles. The number of carbonyl (C=O) groups is 1. The molecule has 0 amide bonds. The van der Waals surface area contributed by atoms with Crippen molar-refractivity contribution in [1.82, 2.24) is 0 Å². The number of hydrogen-bond acceptors (Lipinski definition) is 3. The van der Waals surface area contributed by atoms with E-state index in [1.165, 1.54) is 7.11 Å². The second-order valence-corrected chi connectivity index (χ2v) is 5.68. The van der Waals surface area contributed by atoms with Gasteiger partial charge in [0, 0.05) is 20.2 Å². The van der Waals surface area contributed by atoms with Crippen molar-refractivity contribution in [1.29, 1.82) is 0 Å². The van der Waals surface area contributed by atoms with Crippen molar-refractivity contribution < 1.29 is 9.53 Å². The van der Waals surface area contributed by atoms with Crippen LogP contribution < -0.4 is 10.5 Å². The van der Waals surface area contributed by atoms with Gasteiger partial charge < -0.3 is 10.5 Å². The van der Waals surface area contributed by atoms with E-state index >= 15 is 0 Å². The van der Waals surface area contributed by atoms with Crippen LogP contribution in [0.15, 0.2) is 45.3 Å². The van der Waals surface area contributed by atoms with E-state index in [1.54, 1.807) is 36.4 Å². The van der Waals surface area contributed by atoms with Crippen LogP contribution in [-0.2, 0) is 0 Å². The van der Waals surface area contributed by atoms with Crippen molar-refractivity contribution in [2.24, 2.45) is 0 Å². The summed E-state index contributed by atoms with van der Waals surface area (Å²) in [6.07, 6.45) is 0. The first kappa shape index (κ1) is 14.1. The van der Waals surface area contributed by atoms with E-state index in [-0.39, 0.29) is 5.78 Å². The van der Waals surface area contributed by atoms with E-state index in [4.69, 9.17) is 10.5 Å². The van der Waals surface area contributed by atoms with Crippen molar-refractivity contribution in [3.63, 3.8) is 0 Å². The summed E-state index contributed by atoms with van der Waals surface area (Å²) in [6.45, 7) is 0. The maximum atomic E-state index is 12.5. The Hall–Kier alpha value is -1.33. The summed E-state index contributed by atoms with van der Waals surface area (Å²) < 4.78 is 6.77. The second kappa shape index (κ2) is 5.75. The highest BCUT2D eigenvalue weighted by molar-refractivity contribution is 9.10. The van der Waals surface area contributed by atoms with Crippen LogP contribution in [0.2, 0.25) is 0 Å². The Bertz CT molecular complexity index is 641. The first-order chi connectivity index (χ1) is 9.02. The Morgan fingerprint density at radius 3 is 2.42 bits per heavy atom. The molecule has 0 heterocycles. The molecule has 2 aromatic carbocycles. The van der Waals surface area contributed by atoms with E-state index in [9.17, 15) is 4.79 Å². The molecule has 0 bridgehead atoms. The fourth-order valence-electron chi connectivity index (χ4n) is 1.71. The molecule has 0 atom stereocenters. The molecule has 2 aromatic rings. The molecule has 0 unspecified atom stereocenters. The minimum absolute atomic E-state index is 0.115. The van der Waals surface area contributed by atoms with Gasteiger partial charge in [0.1, 0.15) is 5.75 Å². The molecule has 98 valence electrons. The molecule has 3 nitrogen and oxygen atoms in total. The Labute approximate surface area is 128 Å². The molecular formula is C14H11Br2NO2. The number of methoxy groups -OCH3 is 1. The predicted octanol–water partition coefficient (Wildman–Crippen LogP) is 4.03. The number of halogens is 2. The van der Waals surface area contributed by atoms with Crippen molar-refractivity contribution in [3.8, 4) is 5.75 Å². The maximum absolute atomic E-state index is 12.5. The van der Waals surface area contributed by atoms with Gasteiger partial charge in [-0.25, -0.2) is 0 Å². The smallest absolute Gasteiger partial charge is 0.197 e. The van der Waals surface area contributed by atoms with E-state index in [2.05, 4.69) is 31.9 Å². The minimum Gasteiger partial charge on any atom is -0.496 e. The standard InChI is InChI=1S/C14H11Br2NO2/c1-19-13-6-8(15)2-4-11(13)14(18)10-5-3-9(17)7-12(10)16/h2-7H,17H2,1H3. The molecule has 19 heavy (non-hydrogen) atoms. The maximum Gasteiger partial charge on any atom is 0.197 e. The topological polar surface area (TPSA) is 52.3 Å². The van der Waals surface area contributed by atoms with Crippen molar-refractivity contribution in [3.05, 3.63) is 56.5 Å². The number of carbonyl (C=O) groups excluding carboxylic acids is 1. The van der Waals surface area contributed by atoms with Gasteiger partial charge in [-0.05, 0) is 52.3 Å². The Kier molecular flexibility index (Phi) is 4.27. The van der Waals surface area contributed by atoms with Crippen LogP contribution in [0.1, 0.15) is 15.9 Å². The fraction of sp³-hybridized carbons (Fsp3) is 0.0714. The van der Waals surface area contributed by atoms with E-state index < -0.39 is 0 Å². The number of benzene rings is 2. The Balaban J connectivity index is 2.50. The zero-order chi connectivity index (χ0) is 14.0. The number of rotatable bonds is 3. The third-order valence-corrected chi connectivity index (χ3v) is 3.80. The summed E-state index contributed by atoms with van der Waals surface area (Å²) in [4.78, 5) is 12.5. The van der Waals surface area contributed by atoms with Crippen LogP contribution in [0.25, 0.3) is 0 Å². The van der Waals surface area contributed by atoms with E-state index in [1.807, 2.05) is 0 Å². The molecule has 0 aliphatic carbocycles. The lowest BCUT2D eigenvalue weighted by Gasteiger charge is -2.09. The minimum atomic E-state index is -0.115. The lowest BCUT2D eigenvalue weighted by Crippen LogP contribution is -2.05. The summed E-state index contributed by atoms with van der Waals surface area (Å²) in [5, 5.41) is 0. The van der Waals surface area contributed by atoms with Crippen LogP contribution >= 0.6 is 31.9 Å². The third-order valence-electron chi connectivity index (χ3n) is 2.65. The highest BCUT2D eigenvalue weighted by atomic mass is 79.9. The van der Waals surface area contributed by atoms with Gasteiger partial charge >= 0.3 is 0 Å². The first-order valence-electron chi connectivity index (χ1n) is 5.46. The van der Waals surface area contributed by atoms with Crippen LogP contribution in [0.4, 0.5) is 5.69 Å². The number of ether oxygens (including phenoxy) is 1. The third kappa shape index (κ3) is 2.98. The van der Waals surface area contributed by atoms with Gasteiger partial charge in [0.25, 0.3) is 0 Å². The Morgan fingerprint density at radius 1 is 1.11 bits per heavy atom. The van der Waals surface area contributed by atoms with Crippen molar-refractivity contribution in [2.75, 3.05) is 12.8 Å². The zero-order valence-electron chi connectivity index (χ0n) is 10.1. The van der Waals surface area contributed by atoms with Gasteiger partial charge in [0.2, 0.25) is 0 Å². The monoisotopic (exact) mass is 383 g/mol. The van der Waals surface area contributed by atoms with Gasteiger partial charge in [-0.3, -0.25) is 4.79 Å². The summed E-state index contributed by atoms with van der Waals surface area (Å²) >= 11 is 6.70. The molecule has 0 saturated heterocycles. The SMILES string of the molecule is COc1cc(Br)ccc1C(=O)c1ccc(N)cc1Br. The van der Waals surface area contributed by atoms with Crippen LogP contribution in [0.5, 0.6) is 5.75 Å². The summed E-state index contributed by atoms with van der Waals surface area (Å²) in [6, 6.07) is 10.4. The van der Waals surface area contributed by atoms with Gasteiger partial charge in [0.15, 0.2) is 5.78 Å². The van der Waals surface area contributed by atoms with Gasteiger partial charge in [-0.15, -0.1) is 0 Å². The van der Waals surface area contributed by atoms with Crippen LogP contribution in [-0.4, -0.2) is 12.9 Å². The lowest BCUT2D eigenvalue weighted by atomic mass is 10.0. The summed E-state index contributed by atoms with van der Waals surface area (Å²) in [5.74, 6) is 0.416. The predicted molar refractivity (Wildman–Crippen MR) is 82.7 cm³/mol. The molecule has 2 N–H and O–H groups in total. The van der Waals surface area contributed by atoms with E-state index in [0.717, 1.165) is 4.47 Å². The van der Waals surface area contributed by atoms with Crippen LogP contribution in [0.3, 0.4) is 0 Å². The van der Waals surface area contributed by atoms with Crippen molar-refractivity contribution >= 4 is 43.3 Å². The number of nitrogens with two attached hydrogens (primary N) is 1. The quantitative estimate of drug-likeness (QED) is 0.641. The molecule has 0 spiro atoms. The normalized spacial score (nSPS) is 10.3. The molecule has 2 rings (SSSR count). The molecule has 0 aliphatic heterocycles. The van der Waals surface area contributed by atoms with Crippen molar-refractivity contribution in [2.45, 2.75) is 0 Å². The number of nitrogen functional groups attached to an aromatic ring is 1. The second-order valence-electron chi connectivity index (χ2n) is 3.91. The average molecular weight is 385 g/mol. The molecule has 0 radical (unpaired) electrons. The number of ketones is 1. The Morgan fingerprint density at radius 2 is 1.79 bits per heavy atom. The van der Waals surface area contributed by atoms with Gasteiger partial charge in [-0.1, -0.05) is 15.9 Å². The molecule has 0 aliphatic rings. The van der Waals surface area contributed by atoms with Crippen LogP contribution in [0, 0.1) is 0 Å². The molecular weight excluding hydrogens is 374 g/mol. The molecule has 5 heteroatoms. The highest BCUT2D eigenvalue weighted by Crippen LogP contribution is 2.29. The average Bonchev–Trinajstić information content (AvgIpc) is 2.37. The number of anilines is 1. The fourth-order valence-corrected chi connectivity index (χ4v) is 2.63. The van der Waals surface area contributed by atoms with E-state index in [0.29, 0.717) is 27.0 Å².